The van der Waals surface area contributed by atoms with Gasteiger partial charge in [-0.05, 0) is 44.2 Å². The number of nitrogens with zero attached hydrogens (tertiary/aromatic N) is 1. The number of likely N-dealkylation sites (tertiary alicyclic amines) is 1. The van der Waals surface area contributed by atoms with E-state index in [2.05, 4.69) is 35.2 Å². The van der Waals surface area contributed by atoms with Gasteiger partial charge in [-0.3, -0.25) is 4.90 Å². The second kappa shape index (κ2) is 4.43. The molecule has 3 rings (SSSR count). The van der Waals surface area contributed by atoms with Crippen LogP contribution in [0.5, 0.6) is 0 Å². The Bertz CT molecular complexity index is 372. The van der Waals surface area contributed by atoms with Crippen molar-refractivity contribution in [2.75, 3.05) is 6.54 Å². The minimum Gasteiger partial charge on any atom is -0.390 e. The molecule has 1 aliphatic carbocycles. The van der Waals surface area contributed by atoms with Gasteiger partial charge in [-0.2, -0.15) is 0 Å². The first kappa shape index (κ1) is 11.2. The standard InChI is InChI=1S/C15H21NO/c17-15(8-9-15)11-14-7-4-10-16(14)12-13-5-2-1-3-6-13/h1-3,5-6,14,17H,4,7-12H2. The predicted molar refractivity (Wildman–Crippen MR) is 68.7 cm³/mol. The summed E-state index contributed by atoms with van der Waals surface area (Å²) in [4.78, 5) is 2.55. The van der Waals surface area contributed by atoms with Crippen molar-refractivity contribution in [2.24, 2.45) is 0 Å². The van der Waals surface area contributed by atoms with Gasteiger partial charge in [-0.15, -0.1) is 0 Å². The maximum Gasteiger partial charge on any atom is 0.0664 e. The largest absolute Gasteiger partial charge is 0.390 e. The van der Waals surface area contributed by atoms with Crippen LogP contribution < -0.4 is 0 Å². The van der Waals surface area contributed by atoms with E-state index in [4.69, 9.17) is 0 Å². The summed E-state index contributed by atoms with van der Waals surface area (Å²) in [6.45, 7) is 2.23. The normalized spacial score (nSPS) is 27.2. The Morgan fingerprint density at radius 3 is 2.71 bits per heavy atom. The van der Waals surface area contributed by atoms with Crippen LogP contribution in [0.2, 0.25) is 0 Å². The maximum atomic E-state index is 10.0. The van der Waals surface area contributed by atoms with E-state index in [1.165, 1.54) is 24.9 Å². The zero-order valence-corrected chi connectivity index (χ0v) is 10.3. The molecule has 0 bridgehead atoms. The molecule has 1 saturated carbocycles. The fraction of sp³-hybridized carbons (Fsp3) is 0.600. The lowest BCUT2D eigenvalue weighted by atomic mass is 10.0. The second-order valence-corrected chi connectivity index (χ2v) is 5.68. The van der Waals surface area contributed by atoms with Gasteiger partial charge in [0, 0.05) is 12.6 Å². The Morgan fingerprint density at radius 1 is 1.24 bits per heavy atom. The van der Waals surface area contributed by atoms with Crippen LogP contribution in [0.25, 0.3) is 0 Å². The van der Waals surface area contributed by atoms with Crippen LogP contribution >= 0.6 is 0 Å². The van der Waals surface area contributed by atoms with E-state index in [1.54, 1.807) is 0 Å². The molecule has 1 atom stereocenters. The molecule has 2 fully saturated rings. The van der Waals surface area contributed by atoms with Crippen molar-refractivity contribution in [1.82, 2.24) is 4.90 Å². The fourth-order valence-corrected chi connectivity index (χ4v) is 2.94. The summed E-state index contributed by atoms with van der Waals surface area (Å²) in [7, 11) is 0. The average molecular weight is 231 g/mol. The minimum absolute atomic E-state index is 0.302. The van der Waals surface area contributed by atoms with E-state index in [1.807, 2.05) is 0 Å². The lowest BCUT2D eigenvalue weighted by Gasteiger charge is -2.26. The molecule has 1 aromatic rings. The molecule has 0 amide bonds. The highest BCUT2D eigenvalue weighted by atomic mass is 16.3. The third-order valence-corrected chi connectivity index (χ3v) is 4.17. The molecule has 2 heteroatoms. The van der Waals surface area contributed by atoms with Gasteiger partial charge in [0.2, 0.25) is 0 Å². The smallest absolute Gasteiger partial charge is 0.0664 e. The average Bonchev–Trinajstić information content (AvgIpc) is 2.91. The minimum atomic E-state index is -0.302. The van der Waals surface area contributed by atoms with E-state index >= 15 is 0 Å². The molecule has 1 aromatic carbocycles. The zero-order valence-electron chi connectivity index (χ0n) is 10.3. The maximum absolute atomic E-state index is 10.0. The van der Waals surface area contributed by atoms with Gasteiger partial charge < -0.3 is 5.11 Å². The quantitative estimate of drug-likeness (QED) is 0.861. The molecule has 0 aromatic heterocycles. The predicted octanol–water partition coefficient (Wildman–Crippen LogP) is 2.57. The van der Waals surface area contributed by atoms with Crippen molar-refractivity contribution >= 4 is 0 Å². The van der Waals surface area contributed by atoms with E-state index < -0.39 is 0 Å². The zero-order chi connectivity index (χ0) is 11.7. The summed E-state index contributed by atoms with van der Waals surface area (Å²) in [6.07, 6.45) is 5.56. The molecule has 92 valence electrons. The van der Waals surface area contributed by atoms with Crippen LogP contribution in [-0.2, 0) is 6.54 Å². The van der Waals surface area contributed by atoms with Gasteiger partial charge in [0.1, 0.15) is 0 Å². The van der Waals surface area contributed by atoms with Gasteiger partial charge in [-0.1, -0.05) is 30.3 Å². The summed E-state index contributed by atoms with van der Waals surface area (Å²) >= 11 is 0. The summed E-state index contributed by atoms with van der Waals surface area (Å²) in [6, 6.07) is 11.3. The van der Waals surface area contributed by atoms with Crippen LogP contribution in [0.4, 0.5) is 0 Å². The molecule has 2 aliphatic rings. The number of benzene rings is 1. The third-order valence-electron chi connectivity index (χ3n) is 4.17. The second-order valence-electron chi connectivity index (χ2n) is 5.68. The number of hydrogen-bond acceptors (Lipinski definition) is 2. The molecule has 0 radical (unpaired) electrons. The molecule has 1 saturated heterocycles. The first-order valence-electron chi connectivity index (χ1n) is 6.76. The van der Waals surface area contributed by atoms with Crippen molar-refractivity contribution in [1.29, 1.82) is 0 Å². The molecule has 1 N–H and O–H groups in total. The fourth-order valence-electron chi connectivity index (χ4n) is 2.94. The number of hydrogen-bond donors (Lipinski definition) is 1. The topological polar surface area (TPSA) is 23.5 Å². The van der Waals surface area contributed by atoms with Crippen LogP contribution in [-0.4, -0.2) is 28.2 Å². The van der Waals surface area contributed by atoms with Crippen LogP contribution in [0.3, 0.4) is 0 Å². The Labute approximate surface area is 103 Å². The lowest BCUT2D eigenvalue weighted by molar-refractivity contribution is 0.0972. The number of aliphatic hydroxyl groups is 1. The molecule has 0 spiro atoms. The van der Waals surface area contributed by atoms with Gasteiger partial charge in [0.05, 0.1) is 5.60 Å². The highest BCUT2D eigenvalue weighted by Crippen LogP contribution is 2.42. The SMILES string of the molecule is OC1(CC2CCCN2Cc2ccccc2)CC1. The van der Waals surface area contributed by atoms with E-state index in [-0.39, 0.29) is 5.60 Å². The summed E-state index contributed by atoms with van der Waals surface area (Å²) in [5, 5.41) is 10.0. The Balaban J connectivity index is 1.62. The Morgan fingerprint density at radius 2 is 2.00 bits per heavy atom. The summed E-state index contributed by atoms with van der Waals surface area (Å²) in [5.74, 6) is 0. The first-order valence-corrected chi connectivity index (χ1v) is 6.76. The molecular weight excluding hydrogens is 210 g/mol. The van der Waals surface area contributed by atoms with Crippen molar-refractivity contribution in [2.45, 2.75) is 50.3 Å². The molecule has 17 heavy (non-hydrogen) atoms. The highest BCUT2D eigenvalue weighted by Gasteiger charge is 2.43. The van der Waals surface area contributed by atoms with E-state index in [0.29, 0.717) is 6.04 Å². The monoisotopic (exact) mass is 231 g/mol. The van der Waals surface area contributed by atoms with E-state index in [9.17, 15) is 5.11 Å². The lowest BCUT2D eigenvalue weighted by Crippen LogP contribution is -2.32. The molecule has 2 nitrogen and oxygen atoms in total. The van der Waals surface area contributed by atoms with Crippen LogP contribution in [0.1, 0.15) is 37.7 Å². The Kier molecular flexibility index (Phi) is 2.93. The Hall–Kier alpha value is -0.860. The van der Waals surface area contributed by atoms with Crippen LogP contribution in [0.15, 0.2) is 30.3 Å². The van der Waals surface area contributed by atoms with Crippen molar-refractivity contribution in [3.05, 3.63) is 35.9 Å². The molecule has 1 unspecified atom stereocenters. The first-order chi connectivity index (χ1) is 8.25. The molecule has 1 aliphatic heterocycles. The number of rotatable bonds is 4. The van der Waals surface area contributed by atoms with Gasteiger partial charge in [0.25, 0.3) is 0 Å². The van der Waals surface area contributed by atoms with Gasteiger partial charge in [-0.25, -0.2) is 0 Å². The molecule has 1 heterocycles. The summed E-state index contributed by atoms with van der Waals surface area (Å²) in [5.41, 5.74) is 1.09. The summed E-state index contributed by atoms with van der Waals surface area (Å²) < 4.78 is 0. The van der Waals surface area contributed by atoms with Crippen molar-refractivity contribution < 1.29 is 5.11 Å². The van der Waals surface area contributed by atoms with Crippen LogP contribution in [0, 0.1) is 0 Å². The van der Waals surface area contributed by atoms with Gasteiger partial charge in [0.15, 0.2) is 0 Å². The third kappa shape index (κ3) is 2.70. The van der Waals surface area contributed by atoms with Gasteiger partial charge >= 0.3 is 0 Å². The highest BCUT2D eigenvalue weighted by molar-refractivity contribution is 5.15. The molecular formula is C15H21NO. The van der Waals surface area contributed by atoms with E-state index in [0.717, 1.165) is 25.8 Å². The van der Waals surface area contributed by atoms with Crippen molar-refractivity contribution in [3.8, 4) is 0 Å². The van der Waals surface area contributed by atoms with Crippen molar-refractivity contribution in [3.63, 3.8) is 0 Å².